The molecular weight excluding hydrogens is 333 g/mol. The topological polar surface area (TPSA) is 49.9 Å². The quantitative estimate of drug-likeness (QED) is 0.823. The maximum absolute atomic E-state index is 13.1. The number of piperazine rings is 1. The zero-order chi connectivity index (χ0) is 18.5. The van der Waals surface area contributed by atoms with Crippen LogP contribution in [0, 0.1) is 11.7 Å². The van der Waals surface area contributed by atoms with Crippen molar-refractivity contribution in [3.8, 4) is 0 Å². The van der Waals surface area contributed by atoms with E-state index < -0.39 is 0 Å². The number of rotatable bonds is 6. The first-order valence-corrected chi connectivity index (χ1v) is 9.21. The van der Waals surface area contributed by atoms with Crippen LogP contribution in [0.3, 0.4) is 0 Å². The van der Waals surface area contributed by atoms with E-state index in [1.807, 2.05) is 38.1 Å². The predicted molar refractivity (Wildman–Crippen MR) is 98.6 cm³/mol. The first kappa shape index (κ1) is 18.5. The zero-order valence-corrected chi connectivity index (χ0v) is 15.4. The third-order valence-electron chi connectivity index (χ3n) is 4.98. The summed E-state index contributed by atoms with van der Waals surface area (Å²) in [5.74, 6) is 0.722. The highest BCUT2D eigenvalue weighted by atomic mass is 19.1. The van der Waals surface area contributed by atoms with E-state index in [9.17, 15) is 9.18 Å². The summed E-state index contributed by atoms with van der Waals surface area (Å²) in [6.45, 7) is 7.99. The Morgan fingerprint density at radius 2 is 1.92 bits per heavy atom. The number of nitrogens with zero attached hydrogens (tertiary/aromatic N) is 1. The van der Waals surface area contributed by atoms with Gasteiger partial charge >= 0.3 is 0 Å². The van der Waals surface area contributed by atoms with Gasteiger partial charge in [0.2, 0.25) is 5.91 Å². The zero-order valence-electron chi connectivity index (χ0n) is 15.4. The average molecular weight is 360 g/mol. The van der Waals surface area contributed by atoms with Crippen LogP contribution in [0.5, 0.6) is 0 Å². The van der Waals surface area contributed by atoms with E-state index in [-0.39, 0.29) is 23.7 Å². The number of nitrogens with one attached hydrogen (secondary N) is 2. The van der Waals surface area contributed by atoms with Gasteiger partial charge in [-0.25, -0.2) is 4.39 Å². The lowest BCUT2D eigenvalue weighted by Gasteiger charge is -2.37. The molecule has 2 N–H and O–H groups in total. The Morgan fingerprint density at radius 1 is 1.23 bits per heavy atom. The highest BCUT2D eigenvalue weighted by Gasteiger charge is 2.31. The molecule has 0 aliphatic carbocycles. The molecule has 1 aliphatic rings. The molecular formula is C20H27FN3O2+. The van der Waals surface area contributed by atoms with Crippen LogP contribution in [-0.4, -0.2) is 38.6 Å². The summed E-state index contributed by atoms with van der Waals surface area (Å²) in [7, 11) is 0. The number of benzene rings is 1. The first-order chi connectivity index (χ1) is 12.5. The van der Waals surface area contributed by atoms with Crippen molar-refractivity contribution < 1.29 is 18.5 Å². The Kier molecular flexibility index (Phi) is 5.93. The first-order valence-electron chi connectivity index (χ1n) is 9.21. The van der Waals surface area contributed by atoms with Crippen LogP contribution in [0.25, 0.3) is 0 Å². The maximum Gasteiger partial charge on any atom is 0.222 e. The van der Waals surface area contributed by atoms with E-state index in [0.29, 0.717) is 6.54 Å². The van der Waals surface area contributed by atoms with E-state index in [1.54, 1.807) is 6.26 Å². The average Bonchev–Trinajstić information content (AvgIpc) is 3.17. The second-order valence-electron chi connectivity index (χ2n) is 7.09. The van der Waals surface area contributed by atoms with Crippen molar-refractivity contribution in [2.24, 2.45) is 5.92 Å². The molecule has 2 heterocycles. The monoisotopic (exact) mass is 360 g/mol. The van der Waals surface area contributed by atoms with Crippen LogP contribution in [0.1, 0.15) is 25.6 Å². The van der Waals surface area contributed by atoms with Crippen molar-refractivity contribution in [2.75, 3.05) is 37.6 Å². The SMILES string of the molecule is CC(C)C(=O)NC[C@@H](c1ccco1)[NH+]1CCN(c2ccc(F)cc2)CC1. The van der Waals surface area contributed by atoms with Crippen LogP contribution in [0.15, 0.2) is 47.1 Å². The van der Waals surface area contributed by atoms with Gasteiger partial charge in [0.1, 0.15) is 5.82 Å². The second kappa shape index (κ2) is 8.36. The predicted octanol–water partition coefficient (Wildman–Crippen LogP) is 1.64. The summed E-state index contributed by atoms with van der Waals surface area (Å²) in [6, 6.07) is 10.6. The molecule has 0 radical (unpaired) electrons. The van der Waals surface area contributed by atoms with Crippen LogP contribution in [0.2, 0.25) is 0 Å². The van der Waals surface area contributed by atoms with E-state index in [2.05, 4.69) is 10.2 Å². The molecule has 5 nitrogen and oxygen atoms in total. The van der Waals surface area contributed by atoms with Crippen molar-refractivity contribution in [2.45, 2.75) is 19.9 Å². The van der Waals surface area contributed by atoms with Gasteiger partial charge in [0.25, 0.3) is 0 Å². The lowest BCUT2D eigenvalue weighted by Crippen LogP contribution is -3.15. The Balaban J connectivity index is 1.63. The molecule has 3 rings (SSSR count). The number of anilines is 1. The normalized spacial score (nSPS) is 16.7. The number of furan rings is 1. The lowest BCUT2D eigenvalue weighted by molar-refractivity contribution is -0.932. The van der Waals surface area contributed by atoms with Crippen LogP contribution in [-0.2, 0) is 4.79 Å². The number of halogens is 1. The number of hydrogen-bond acceptors (Lipinski definition) is 3. The molecule has 2 aromatic rings. The molecule has 1 aliphatic heterocycles. The lowest BCUT2D eigenvalue weighted by atomic mass is 10.1. The molecule has 1 fully saturated rings. The molecule has 6 heteroatoms. The largest absolute Gasteiger partial charge is 0.463 e. The fourth-order valence-electron chi connectivity index (χ4n) is 3.39. The third-order valence-corrected chi connectivity index (χ3v) is 4.98. The van der Waals surface area contributed by atoms with Gasteiger partial charge in [0.05, 0.1) is 39.0 Å². The maximum atomic E-state index is 13.1. The number of amides is 1. The molecule has 0 unspecified atom stereocenters. The third kappa shape index (κ3) is 4.43. The van der Waals surface area contributed by atoms with E-state index in [1.165, 1.54) is 17.0 Å². The van der Waals surface area contributed by atoms with E-state index in [0.717, 1.165) is 37.6 Å². The Labute approximate surface area is 153 Å². The molecule has 1 saturated heterocycles. The molecule has 26 heavy (non-hydrogen) atoms. The van der Waals surface area contributed by atoms with Crippen LogP contribution >= 0.6 is 0 Å². The van der Waals surface area contributed by atoms with Gasteiger partial charge in [0.15, 0.2) is 11.8 Å². The van der Waals surface area contributed by atoms with E-state index in [4.69, 9.17) is 4.42 Å². The highest BCUT2D eigenvalue weighted by molar-refractivity contribution is 5.77. The molecule has 0 spiro atoms. The van der Waals surface area contributed by atoms with Gasteiger partial charge < -0.3 is 19.5 Å². The number of quaternary nitrogens is 1. The number of hydrogen-bond donors (Lipinski definition) is 2. The summed E-state index contributed by atoms with van der Waals surface area (Å²) in [4.78, 5) is 15.6. The Hall–Kier alpha value is -2.34. The molecule has 0 saturated carbocycles. The van der Waals surface area contributed by atoms with Gasteiger partial charge in [-0.1, -0.05) is 13.8 Å². The number of carbonyl (C=O) groups excluding carboxylic acids is 1. The summed E-state index contributed by atoms with van der Waals surface area (Å²) < 4.78 is 18.8. The summed E-state index contributed by atoms with van der Waals surface area (Å²) >= 11 is 0. The molecule has 0 bridgehead atoms. The minimum absolute atomic E-state index is 0.0300. The van der Waals surface area contributed by atoms with E-state index >= 15 is 0 Å². The summed E-state index contributed by atoms with van der Waals surface area (Å²) in [5, 5.41) is 3.04. The minimum Gasteiger partial charge on any atom is -0.463 e. The Morgan fingerprint density at radius 3 is 2.50 bits per heavy atom. The van der Waals surface area contributed by atoms with Gasteiger partial charge in [0, 0.05) is 11.6 Å². The van der Waals surface area contributed by atoms with Gasteiger partial charge in [-0.3, -0.25) is 4.79 Å². The van der Waals surface area contributed by atoms with Crippen molar-refractivity contribution >= 4 is 11.6 Å². The standard InChI is InChI=1S/C20H26FN3O2/c1-15(2)20(25)22-14-18(19-4-3-13-26-19)24-11-9-23(10-12-24)17-7-5-16(21)6-8-17/h3-8,13,15,18H,9-12,14H2,1-2H3,(H,22,25)/p+1/t18-/m0/s1. The number of carbonyl (C=O) groups is 1. The Bertz CT molecular complexity index is 692. The molecule has 1 aromatic carbocycles. The van der Waals surface area contributed by atoms with Crippen molar-refractivity contribution in [1.29, 1.82) is 0 Å². The minimum atomic E-state index is -0.211. The van der Waals surface area contributed by atoms with Crippen molar-refractivity contribution in [1.82, 2.24) is 5.32 Å². The van der Waals surface area contributed by atoms with Crippen molar-refractivity contribution in [3.63, 3.8) is 0 Å². The summed E-state index contributed by atoms with van der Waals surface area (Å²) in [5.41, 5.74) is 1.05. The molecule has 1 aromatic heterocycles. The smallest absolute Gasteiger partial charge is 0.222 e. The highest BCUT2D eigenvalue weighted by Crippen LogP contribution is 2.16. The fourth-order valence-corrected chi connectivity index (χ4v) is 3.39. The van der Waals surface area contributed by atoms with Gasteiger partial charge in [-0.2, -0.15) is 0 Å². The second-order valence-corrected chi connectivity index (χ2v) is 7.09. The van der Waals surface area contributed by atoms with Gasteiger partial charge in [-0.15, -0.1) is 0 Å². The molecule has 1 atom stereocenters. The summed E-state index contributed by atoms with van der Waals surface area (Å²) in [6.07, 6.45) is 1.68. The molecule has 140 valence electrons. The van der Waals surface area contributed by atoms with Crippen LogP contribution in [0.4, 0.5) is 10.1 Å². The van der Waals surface area contributed by atoms with Crippen molar-refractivity contribution in [3.05, 3.63) is 54.2 Å². The van der Waals surface area contributed by atoms with Crippen LogP contribution < -0.4 is 15.1 Å². The van der Waals surface area contributed by atoms with Gasteiger partial charge in [-0.05, 0) is 36.4 Å². The molecule has 1 amide bonds. The fraction of sp³-hybridized carbons (Fsp3) is 0.450.